The number of benzene rings is 1. The van der Waals surface area contributed by atoms with E-state index in [0.717, 1.165) is 5.75 Å². The summed E-state index contributed by atoms with van der Waals surface area (Å²) < 4.78 is 5.33. The number of nitrogens with one attached hydrogen (secondary N) is 2. The number of pyridine rings is 1. The molecule has 7 heteroatoms. The molecule has 0 spiro atoms. The van der Waals surface area contributed by atoms with Gasteiger partial charge in [0.1, 0.15) is 5.75 Å². The van der Waals surface area contributed by atoms with Gasteiger partial charge in [0, 0.05) is 24.7 Å². The molecule has 0 aliphatic rings. The highest BCUT2D eigenvalue weighted by Crippen LogP contribution is 2.15. The lowest BCUT2D eigenvalue weighted by atomic mass is 10.2. The molecule has 2 aromatic rings. The van der Waals surface area contributed by atoms with E-state index in [1.54, 1.807) is 42.6 Å². The molecule has 1 heterocycles. The molecule has 0 aliphatic heterocycles. The summed E-state index contributed by atoms with van der Waals surface area (Å²) in [5.41, 5.74) is 3.66. The highest BCUT2D eigenvalue weighted by Gasteiger charge is 2.07. The highest BCUT2D eigenvalue weighted by atomic mass is 16.5. The van der Waals surface area contributed by atoms with Crippen molar-refractivity contribution in [3.8, 4) is 5.75 Å². The van der Waals surface area contributed by atoms with Gasteiger partial charge in [-0.1, -0.05) is 6.07 Å². The Hall–Kier alpha value is -3.22. The van der Waals surface area contributed by atoms with Crippen molar-refractivity contribution in [2.45, 2.75) is 19.8 Å². The average molecular weight is 340 g/mol. The van der Waals surface area contributed by atoms with Crippen molar-refractivity contribution in [3.05, 3.63) is 54.4 Å². The van der Waals surface area contributed by atoms with Crippen LogP contribution in [0.2, 0.25) is 0 Å². The number of carbonyl (C=O) groups excluding carboxylic acids is 2. The van der Waals surface area contributed by atoms with Gasteiger partial charge in [0.15, 0.2) is 0 Å². The predicted octanol–water partition coefficient (Wildman–Crippen LogP) is 2.35. The van der Waals surface area contributed by atoms with Crippen molar-refractivity contribution in [1.29, 1.82) is 0 Å². The van der Waals surface area contributed by atoms with Crippen LogP contribution in [0, 0.1) is 0 Å². The molecule has 1 aromatic carbocycles. The Kier molecular flexibility index (Phi) is 7.12. The van der Waals surface area contributed by atoms with Crippen LogP contribution in [-0.2, 0) is 9.59 Å². The fourth-order valence-electron chi connectivity index (χ4n) is 1.93. The standard InChI is InChI=1S/C18H20N4O3/c1-2-25-16-8-6-14(7-9-16)21-17(23)10-11-18(24)22-20-13-15-5-3-4-12-19-15/h3-9,12-13H,2,10-11H2,1H3,(H,21,23)(H,22,24)/b20-13-. The third kappa shape index (κ3) is 6.82. The zero-order chi connectivity index (χ0) is 17.9. The maximum atomic E-state index is 11.9. The fourth-order valence-corrected chi connectivity index (χ4v) is 1.93. The molecule has 0 bridgehead atoms. The summed E-state index contributed by atoms with van der Waals surface area (Å²) in [6.07, 6.45) is 3.19. The molecule has 0 unspecified atom stereocenters. The Labute approximate surface area is 146 Å². The van der Waals surface area contributed by atoms with Gasteiger partial charge in [-0.2, -0.15) is 5.10 Å². The first-order valence-corrected chi connectivity index (χ1v) is 7.93. The van der Waals surface area contributed by atoms with E-state index < -0.39 is 0 Å². The van der Waals surface area contributed by atoms with E-state index in [9.17, 15) is 9.59 Å². The molecule has 0 aliphatic carbocycles. The van der Waals surface area contributed by atoms with Crippen LogP contribution in [-0.4, -0.2) is 29.6 Å². The van der Waals surface area contributed by atoms with Gasteiger partial charge in [0.2, 0.25) is 11.8 Å². The second-order valence-corrected chi connectivity index (χ2v) is 5.05. The predicted molar refractivity (Wildman–Crippen MR) is 95.4 cm³/mol. The zero-order valence-corrected chi connectivity index (χ0v) is 13.9. The van der Waals surface area contributed by atoms with Crippen LogP contribution in [0.3, 0.4) is 0 Å². The number of hydrogen-bond donors (Lipinski definition) is 2. The minimum absolute atomic E-state index is 0.0441. The number of anilines is 1. The van der Waals surface area contributed by atoms with Crippen LogP contribution >= 0.6 is 0 Å². The van der Waals surface area contributed by atoms with Crippen molar-refractivity contribution in [1.82, 2.24) is 10.4 Å². The van der Waals surface area contributed by atoms with Crippen molar-refractivity contribution in [3.63, 3.8) is 0 Å². The van der Waals surface area contributed by atoms with Gasteiger partial charge in [-0.3, -0.25) is 14.6 Å². The highest BCUT2D eigenvalue weighted by molar-refractivity contribution is 5.93. The number of hydrogen-bond acceptors (Lipinski definition) is 5. The van der Waals surface area contributed by atoms with Crippen molar-refractivity contribution >= 4 is 23.7 Å². The van der Waals surface area contributed by atoms with Crippen LogP contribution in [0.15, 0.2) is 53.8 Å². The Bertz CT molecular complexity index is 715. The molecule has 2 N–H and O–H groups in total. The molecule has 0 radical (unpaired) electrons. The number of nitrogens with zero attached hydrogens (tertiary/aromatic N) is 2. The largest absolute Gasteiger partial charge is 0.494 e. The molecule has 7 nitrogen and oxygen atoms in total. The Morgan fingerprint density at radius 1 is 1.12 bits per heavy atom. The maximum absolute atomic E-state index is 11.9. The summed E-state index contributed by atoms with van der Waals surface area (Å²) in [6.45, 7) is 2.49. The van der Waals surface area contributed by atoms with E-state index in [4.69, 9.17) is 4.74 Å². The van der Waals surface area contributed by atoms with Crippen LogP contribution in [0.5, 0.6) is 5.75 Å². The fraction of sp³-hybridized carbons (Fsp3) is 0.222. The number of rotatable bonds is 8. The quantitative estimate of drug-likeness (QED) is 0.570. The Morgan fingerprint density at radius 3 is 2.56 bits per heavy atom. The zero-order valence-electron chi connectivity index (χ0n) is 13.9. The number of ether oxygens (including phenoxy) is 1. The molecule has 2 rings (SSSR count). The first-order chi connectivity index (χ1) is 12.2. The van der Waals surface area contributed by atoms with Crippen molar-refractivity contribution in [2.24, 2.45) is 5.10 Å². The molecule has 2 amide bonds. The molecule has 0 saturated heterocycles. The van der Waals surface area contributed by atoms with E-state index in [2.05, 4.69) is 20.8 Å². The van der Waals surface area contributed by atoms with Crippen molar-refractivity contribution < 1.29 is 14.3 Å². The van der Waals surface area contributed by atoms with Crippen LogP contribution in [0.4, 0.5) is 5.69 Å². The maximum Gasteiger partial charge on any atom is 0.240 e. The second-order valence-electron chi connectivity index (χ2n) is 5.05. The lowest BCUT2D eigenvalue weighted by Crippen LogP contribution is -2.20. The Balaban J connectivity index is 1.70. The molecule has 0 saturated carbocycles. The first-order valence-electron chi connectivity index (χ1n) is 7.93. The van der Waals surface area contributed by atoms with Gasteiger partial charge in [0.05, 0.1) is 18.5 Å². The molecular weight excluding hydrogens is 320 g/mol. The summed E-state index contributed by atoms with van der Waals surface area (Å²) in [5, 5.41) is 6.52. The summed E-state index contributed by atoms with van der Waals surface area (Å²) in [4.78, 5) is 27.6. The summed E-state index contributed by atoms with van der Waals surface area (Å²) in [5.74, 6) is 0.160. The normalized spacial score (nSPS) is 10.4. The van der Waals surface area contributed by atoms with Crippen LogP contribution in [0.25, 0.3) is 0 Å². The number of amides is 2. The molecular formula is C18H20N4O3. The third-order valence-corrected chi connectivity index (χ3v) is 3.10. The van der Waals surface area contributed by atoms with E-state index in [1.807, 2.05) is 13.0 Å². The molecule has 0 atom stereocenters. The molecule has 0 fully saturated rings. The van der Waals surface area contributed by atoms with Gasteiger partial charge in [-0.05, 0) is 43.3 Å². The number of aromatic nitrogens is 1. The van der Waals surface area contributed by atoms with Crippen molar-refractivity contribution in [2.75, 3.05) is 11.9 Å². The second kappa shape index (κ2) is 9.82. The summed E-state index contributed by atoms with van der Waals surface area (Å²) >= 11 is 0. The van der Waals surface area contributed by atoms with Gasteiger partial charge < -0.3 is 10.1 Å². The summed E-state index contributed by atoms with van der Waals surface area (Å²) in [6, 6.07) is 12.4. The van der Waals surface area contributed by atoms with Gasteiger partial charge in [-0.15, -0.1) is 0 Å². The minimum Gasteiger partial charge on any atom is -0.494 e. The molecule has 1 aromatic heterocycles. The van der Waals surface area contributed by atoms with Gasteiger partial charge in [-0.25, -0.2) is 5.43 Å². The lowest BCUT2D eigenvalue weighted by molar-refractivity contribution is -0.124. The average Bonchev–Trinajstić information content (AvgIpc) is 2.63. The van der Waals surface area contributed by atoms with Crippen LogP contribution in [0.1, 0.15) is 25.5 Å². The monoisotopic (exact) mass is 340 g/mol. The lowest BCUT2D eigenvalue weighted by Gasteiger charge is -2.07. The number of hydrazone groups is 1. The SMILES string of the molecule is CCOc1ccc(NC(=O)CCC(=O)N/N=C\c2ccccn2)cc1. The number of carbonyl (C=O) groups is 2. The van der Waals surface area contributed by atoms with Crippen LogP contribution < -0.4 is 15.5 Å². The summed E-state index contributed by atoms with van der Waals surface area (Å²) in [7, 11) is 0. The topological polar surface area (TPSA) is 92.7 Å². The third-order valence-electron chi connectivity index (χ3n) is 3.10. The minimum atomic E-state index is -0.339. The van der Waals surface area contributed by atoms with E-state index >= 15 is 0 Å². The van der Waals surface area contributed by atoms with Gasteiger partial charge >= 0.3 is 0 Å². The smallest absolute Gasteiger partial charge is 0.240 e. The van der Waals surface area contributed by atoms with E-state index in [0.29, 0.717) is 18.0 Å². The van der Waals surface area contributed by atoms with Gasteiger partial charge in [0.25, 0.3) is 0 Å². The molecule has 25 heavy (non-hydrogen) atoms. The molecule has 130 valence electrons. The van der Waals surface area contributed by atoms with E-state index in [1.165, 1.54) is 6.21 Å². The Morgan fingerprint density at radius 2 is 1.88 bits per heavy atom. The van der Waals surface area contributed by atoms with E-state index in [-0.39, 0.29) is 24.7 Å². The first kappa shape index (κ1) is 18.1.